The average molecular weight is 301 g/mol. The van der Waals surface area contributed by atoms with Crippen molar-refractivity contribution in [3.63, 3.8) is 0 Å². The van der Waals surface area contributed by atoms with Gasteiger partial charge in [-0.1, -0.05) is 18.2 Å². The molecule has 116 valence electrons. The minimum atomic E-state index is -0.848. The Kier molecular flexibility index (Phi) is 3.52. The zero-order valence-corrected chi connectivity index (χ0v) is 12.4. The number of benzene rings is 1. The van der Waals surface area contributed by atoms with E-state index in [4.69, 9.17) is 0 Å². The molecule has 1 aliphatic rings. The quantitative estimate of drug-likeness (QED) is 0.812. The van der Waals surface area contributed by atoms with Gasteiger partial charge in [-0.15, -0.1) is 0 Å². The molecule has 1 aromatic heterocycles. The zero-order valence-electron chi connectivity index (χ0n) is 12.4. The number of rotatable bonds is 3. The van der Waals surface area contributed by atoms with E-state index in [9.17, 15) is 14.7 Å². The molecule has 1 fully saturated rings. The van der Waals surface area contributed by atoms with E-state index in [-0.39, 0.29) is 12.6 Å². The number of likely N-dealkylation sites (tertiary alicyclic amines) is 1. The molecule has 2 aromatic rings. The highest BCUT2D eigenvalue weighted by Gasteiger charge is 2.42. The SMILES string of the molecule is CC1(C(=O)O)CCN(C(=O)NCc2cccc3cc[nH]c23)C1. The number of urea groups is 1. The molecule has 6 heteroatoms. The summed E-state index contributed by atoms with van der Waals surface area (Å²) in [5.74, 6) is -0.848. The van der Waals surface area contributed by atoms with Crippen LogP contribution in [0.15, 0.2) is 30.5 Å². The van der Waals surface area contributed by atoms with E-state index in [0.717, 1.165) is 16.5 Å². The van der Waals surface area contributed by atoms with E-state index >= 15 is 0 Å². The van der Waals surface area contributed by atoms with Gasteiger partial charge >= 0.3 is 12.0 Å². The molecule has 0 radical (unpaired) electrons. The zero-order chi connectivity index (χ0) is 15.7. The van der Waals surface area contributed by atoms with Crippen molar-refractivity contribution < 1.29 is 14.7 Å². The molecule has 1 saturated heterocycles. The van der Waals surface area contributed by atoms with Gasteiger partial charge in [-0.05, 0) is 30.4 Å². The molecule has 1 atom stereocenters. The van der Waals surface area contributed by atoms with Crippen LogP contribution in [0.2, 0.25) is 0 Å². The first-order valence-corrected chi connectivity index (χ1v) is 7.31. The summed E-state index contributed by atoms with van der Waals surface area (Å²) < 4.78 is 0. The number of H-pyrrole nitrogens is 1. The van der Waals surface area contributed by atoms with Gasteiger partial charge in [-0.3, -0.25) is 4.79 Å². The average Bonchev–Trinajstić information content (AvgIpc) is 3.12. The molecule has 22 heavy (non-hydrogen) atoms. The van der Waals surface area contributed by atoms with E-state index in [2.05, 4.69) is 10.3 Å². The largest absolute Gasteiger partial charge is 0.481 e. The lowest BCUT2D eigenvalue weighted by Gasteiger charge is -2.20. The Morgan fingerprint density at radius 1 is 1.41 bits per heavy atom. The highest BCUT2D eigenvalue weighted by Crippen LogP contribution is 2.30. The van der Waals surface area contributed by atoms with Crippen LogP contribution in [0, 0.1) is 5.41 Å². The second-order valence-electron chi connectivity index (χ2n) is 6.06. The fourth-order valence-electron chi connectivity index (χ4n) is 2.89. The highest BCUT2D eigenvalue weighted by atomic mass is 16.4. The van der Waals surface area contributed by atoms with Crippen LogP contribution < -0.4 is 5.32 Å². The molecule has 1 aliphatic heterocycles. The molecule has 2 heterocycles. The molecule has 6 nitrogen and oxygen atoms in total. The van der Waals surface area contributed by atoms with Gasteiger partial charge in [0.1, 0.15) is 0 Å². The molecular formula is C16H19N3O3. The lowest BCUT2D eigenvalue weighted by Crippen LogP contribution is -2.40. The predicted octanol–water partition coefficient (Wildman–Crippen LogP) is 2.17. The van der Waals surface area contributed by atoms with Crippen molar-refractivity contribution in [3.8, 4) is 0 Å². The van der Waals surface area contributed by atoms with E-state index in [0.29, 0.717) is 19.5 Å². The Balaban J connectivity index is 1.64. The van der Waals surface area contributed by atoms with Gasteiger partial charge in [0.05, 0.1) is 10.9 Å². The Morgan fingerprint density at radius 3 is 2.95 bits per heavy atom. The molecule has 0 saturated carbocycles. The van der Waals surface area contributed by atoms with E-state index < -0.39 is 11.4 Å². The van der Waals surface area contributed by atoms with Gasteiger partial charge in [0.2, 0.25) is 0 Å². The molecule has 0 bridgehead atoms. The lowest BCUT2D eigenvalue weighted by molar-refractivity contribution is -0.146. The van der Waals surface area contributed by atoms with Crippen molar-refractivity contribution in [2.45, 2.75) is 19.9 Å². The molecule has 0 aliphatic carbocycles. The summed E-state index contributed by atoms with van der Waals surface area (Å²) in [6, 6.07) is 7.70. The molecule has 3 N–H and O–H groups in total. The van der Waals surface area contributed by atoms with E-state index in [1.165, 1.54) is 0 Å². The maximum Gasteiger partial charge on any atom is 0.317 e. The second kappa shape index (κ2) is 5.36. The van der Waals surface area contributed by atoms with Gasteiger partial charge in [-0.2, -0.15) is 0 Å². The number of hydrogen-bond acceptors (Lipinski definition) is 2. The minimum absolute atomic E-state index is 0.214. The number of hydrogen-bond donors (Lipinski definition) is 3. The fourth-order valence-corrected chi connectivity index (χ4v) is 2.89. The summed E-state index contributed by atoms with van der Waals surface area (Å²) in [4.78, 5) is 28.2. The number of aromatic amines is 1. The van der Waals surface area contributed by atoms with Gasteiger partial charge in [-0.25, -0.2) is 4.79 Å². The number of nitrogens with one attached hydrogen (secondary N) is 2. The number of carboxylic acid groups (broad SMARTS) is 1. The third kappa shape index (κ3) is 2.52. The molecule has 2 amide bonds. The molecule has 3 rings (SSSR count). The smallest absolute Gasteiger partial charge is 0.317 e. The van der Waals surface area contributed by atoms with Crippen molar-refractivity contribution in [2.75, 3.05) is 13.1 Å². The van der Waals surface area contributed by atoms with Crippen LogP contribution in [0.25, 0.3) is 10.9 Å². The topological polar surface area (TPSA) is 85.4 Å². The number of carbonyl (C=O) groups excluding carboxylic acids is 1. The van der Waals surface area contributed by atoms with Crippen molar-refractivity contribution in [1.29, 1.82) is 0 Å². The van der Waals surface area contributed by atoms with Crippen molar-refractivity contribution in [1.82, 2.24) is 15.2 Å². The van der Waals surface area contributed by atoms with Gasteiger partial charge in [0.25, 0.3) is 0 Å². The van der Waals surface area contributed by atoms with Crippen molar-refractivity contribution >= 4 is 22.9 Å². The number of aromatic nitrogens is 1. The molecule has 0 spiro atoms. The van der Waals surface area contributed by atoms with E-state index in [1.54, 1.807) is 11.8 Å². The number of carboxylic acids is 1. The second-order valence-corrected chi connectivity index (χ2v) is 6.06. The first-order valence-electron chi connectivity index (χ1n) is 7.31. The summed E-state index contributed by atoms with van der Waals surface area (Å²) in [7, 11) is 0. The fraction of sp³-hybridized carbons (Fsp3) is 0.375. The number of para-hydroxylation sites is 1. The highest BCUT2D eigenvalue weighted by molar-refractivity contribution is 5.83. The number of carbonyl (C=O) groups is 2. The Bertz CT molecular complexity index is 724. The van der Waals surface area contributed by atoms with Crippen molar-refractivity contribution in [3.05, 3.63) is 36.0 Å². The normalized spacial score (nSPS) is 21.2. The van der Waals surface area contributed by atoms with Crippen LogP contribution in [0.5, 0.6) is 0 Å². The maximum atomic E-state index is 12.2. The Morgan fingerprint density at radius 2 is 2.23 bits per heavy atom. The Hall–Kier alpha value is -2.50. The van der Waals surface area contributed by atoms with Crippen LogP contribution >= 0.6 is 0 Å². The van der Waals surface area contributed by atoms with Gasteiger partial charge in [0, 0.05) is 25.8 Å². The summed E-state index contributed by atoms with van der Waals surface area (Å²) in [5.41, 5.74) is 1.19. The number of amides is 2. The number of aliphatic carboxylic acids is 1. The lowest BCUT2D eigenvalue weighted by atomic mass is 9.90. The van der Waals surface area contributed by atoms with Crippen LogP contribution in [0.4, 0.5) is 4.79 Å². The Labute approximate surface area is 128 Å². The van der Waals surface area contributed by atoms with Crippen LogP contribution in [-0.4, -0.2) is 40.1 Å². The van der Waals surface area contributed by atoms with Crippen LogP contribution in [-0.2, 0) is 11.3 Å². The molecule has 1 unspecified atom stereocenters. The van der Waals surface area contributed by atoms with Gasteiger partial charge < -0.3 is 20.3 Å². The predicted molar refractivity (Wildman–Crippen MR) is 82.5 cm³/mol. The van der Waals surface area contributed by atoms with Crippen LogP contribution in [0.3, 0.4) is 0 Å². The minimum Gasteiger partial charge on any atom is -0.481 e. The standard InChI is InChI=1S/C16H19N3O3/c1-16(14(20)21)6-8-19(10-16)15(22)18-9-12-4-2-3-11-5-7-17-13(11)12/h2-5,7,17H,6,8-10H2,1H3,(H,18,22)(H,20,21). The third-order valence-electron chi connectivity index (χ3n) is 4.38. The summed E-state index contributed by atoms with van der Waals surface area (Å²) >= 11 is 0. The van der Waals surface area contributed by atoms with Gasteiger partial charge in [0.15, 0.2) is 0 Å². The summed E-state index contributed by atoms with van der Waals surface area (Å²) in [6.07, 6.45) is 2.36. The summed E-state index contributed by atoms with van der Waals surface area (Å²) in [5, 5.41) is 13.2. The third-order valence-corrected chi connectivity index (χ3v) is 4.38. The summed E-state index contributed by atoms with van der Waals surface area (Å²) in [6.45, 7) is 2.82. The number of fused-ring (bicyclic) bond motifs is 1. The molecule has 1 aromatic carbocycles. The maximum absolute atomic E-state index is 12.2. The van der Waals surface area contributed by atoms with Crippen LogP contribution in [0.1, 0.15) is 18.9 Å². The monoisotopic (exact) mass is 301 g/mol. The first kappa shape index (κ1) is 14.4. The van der Waals surface area contributed by atoms with Crippen molar-refractivity contribution in [2.24, 2.45) is 5.41 Å². The first-order chi connectivity index (χ1) is 10.5. The molecular weight excluding hydrogens is 282 g/mol. The number of nitrogens with zero attached hydrogens (tertiary/aromatic N) is 1. The van der Waals surface area contributed by atoms with E-state index in [1.807, 2.05) is 30.5 Å².